The summed E-state index contributed by atoms with van der Waals surface area (Å²) < 4.78 is 13.5. The van der Waals surface area contributed by atoms with Crippen LogP contribution in [0.25, 0.3) is 32.7 Å². The topological polar surface area (TPSA) is 99.4 Å². The second-order valence-electron chi connectivity index (χ2n) is 13.9. The van der Waals surface area contributed by atoms with Crippen LogP contribution >= 0.6 is 23.5 Å². The number of hydrogen-bond donors (Lipinski definition) is 4. The fourth-order valence-electron chi connectivity index (χ4n) is 7.82. The molecule has 0 amide bonds. The van der Waals surface area contributed by atoms with E-state index in [4.69, 9.17) is 9.47 Å². The normalized spacial score (nSPS) is 21.7. The van der Waals surface area contributed by atoms with Gasteiger partial charge in [-0.3, -0.25) is 0 Å². The Morgan fingerprint density at radius 3 is 1.61 bits per heavy atom. The van der Waals surface area contributed by atoms with E-state index in [1.165, 1.54) is 0 Å². The molecule has 4 N–H and O–H groups in total. The predicted octanol–water partition coefficient (Wildman–Crippen LogP) is 10.2. The number of hydrogen-bond acceptors (Lipinski definition) is 8. The summed E-state index contributed by atoms with van der Waals surface area (Å²) in [5.74, 6) is 0.928. The van der Waals surface area contributed by atoms with Crippen LogP contribution < -0.4 is 9.47 Å². The van der Waals surface area contributed by atoms with Gasteiger partial charge in [0.05, 0.1) is 11.1 Å². The molecule has 0 saturated heterocycles. The molecule has 0 radical (unpaired) electrons. The summed E-state index contributed by atoms with van der Waals surface area (Å²) in [7, 11) is 0. The lowest BCUT2D eigenvalue weighted by Crippen LogP contribution is -2.23. The fourth-order valence-corrected chi connectivity index (χ4v) is 10.8. The summed E-state index contributed by atoms with van der Waals surface area (Å²) >= 11 is 3.29. The molecule has 8 heteroatoms. The third-order valence-corrected chi connectivity index (χ3v) is 12.0. The van der Waals surface area contributed by atoms with Crippen LogP contribution in [0.2, 0.25) is 0 Å². The van der Waals surface area contributed by atoms with Crippen molar-refractivity contribution in [3.63, 3.8) is 0 Å². The monoisotopic (exact) mass is 632 g/mol. The van der Waals surface area contributed by atoms with Crippen LogP contribution in [-0.2, 0) is 0 Å². The Kier molecular flexibility index (Phi) is 6.53. The van der Waals surface area contributed by atoms with Gasteiger partial charge in [-0.1, -0.05) is 60.6 Å². The predicted molar refractivity (Wildman–Crippen MR) is 181 cm³/mol. The third-order valence-electron chi connectivity index (χ3n) is 9.43. The number of phenols is 4. The highest BCUT2D eigenvalue weighted by Crippen LogP contribution is 2.65. The lowest BCUT2D eigenvalue weighted by atomic mass is 9.84. The van der Waals surface area contributed by atoms with Gasteiger partial charge >= 0.3 is 0 Å². The number of benzene rings is 4. The molecule has 3 atom stereocenters. The second kappa shape index (κ2) is 9.70. The molecule has 4 aromatic carbocycles. The van der Waals surface area contributed by atoms with Crippen molar-refractivity contribution in [1.29, 1.82) is 0 Å². The molecule has 3 aliphatic rings. The van der Waals surface area contributed by atoms with Crippen molar-refractivity contribution in [1.82, 2.24) is 0 Å². The van der Waals surface area contributed by atoms with E-state index in [1.807, 2.05) is 27.7 Å². The number of phenolic OH excluding ortho intramolecular Hbond substituents is 4. The van der Waals surface area contributed by atoms with Crippen molar-refractivity contribution in [3.8, 4) is 45.6 Å². The molecule has 44 heavy (non-hydrogen) atoms. The van der Waals surface area contributed by atoms with Crippen molar-refractivity contribution >= 4 is 45.1 Å². The maximum Gasteiger partial charge on any atom is 0.174 e. The first-order valence-electron chi connectivity index (χ1n) is 15.4. The van der Waals surface area contributed by atoms with E-state index in [-0.39, 0.29) is 44.8 Å². The molecular formula is C36H40O6S2. The summed E-state index contributed by atoms with van der Waals surface area (Å²) in [4.78, 5) is 0. The highest BCUT2D eigenvalue weighted by molar-refractivity contribution is 8.01. The Balaban J connectivity index is 1.67. The number of fused-ring (bicyclic) bond motifs is 5. The molecule has 6 nitrogen and oxygen atoms in total. The van der Waals surface area contributed by atoms with E-state index in [2.05, 4.69) is 46.8 Å². The van der Waals surface area contributed by atoms with Crippen LogP contribution in [0.4, 0.5) is 0 Å². The van der Waals surface area contributed by atoms with Gasteiger partial charge in [-0.15, -0.1) is 23.5 Å². The maximum absolute atomic E-state index is 11.6. The molecule has 0 aliphatic carbocycles. The first-order chi connectivity index (χ1) is 20.6. The third kappa shape index (κ3) is 3.95. The minimum absolute atomic E-state index is 0.0288. The van der Waals surface area contributed by atoms with Crippen molar-refractivity contribution in [2.24, 2.45) is 0 Å². The Morgan fingerprint density at radius 2 is 1.16 bits per heavy atom. The second-order valence-corrected chi connectivity index (χ2v) is 17.2. The highest BCUT2D eigenvalue weighted by atomic mass is 32.2. The summed E-state index contributed by atoms with van der Waals surface area (Å²) in [6.45, 7) is 18.7. The van der Waals surface area contributed by atoms with Gasteiger partial charge < -0.3 is 29.9 Å². The van der Waals surface area contributed by atoms with E-state index < -0.39 is 10.9 Å². The van der Waals surface area contributed by atoms with Gasteiger partial charge in [0.1, 0.15) is 11.5 Å². The number of aryl methyl sites for hydroxylation is 2. The van der Waals surface area contributed by atoms with E-state index in [0.29, 0.717) is 33.8 Å². The van der Waals surface area contributed by atoms with Crippen molar-refractivity contribution in [2.45, 2.75) is 101 Å². The van der Waals surface area contributed by atoms with Gasteiger partial charge in [-0.2, -0.15) is 0 Å². The van der Waals surface area contributed by atoms with Crippen LogP contribution in [0.5, 0.6) is 34.5 Å². The molecule has 4 bridgehead atoms. The highest BCUT2D eigenvalue weighted by Gasteiger charge is 2.43. The summed E-state index contributed by atoms with van der Waals surface area (Å²) in [6.07, 6.45) is 0.784. The Morgan fingerprint density at radius 1 is 0.727 bits per heavy atom. The Hall–Kier alpha value is -3.10. The van der Waals surface area contributed by atoms with E-state index in [0.717, 1.165) is 50.2 Å². The van der Waals surface area contributed by atoms with Crippen LogP contribution in [0, 0.1) is 13.8 Å². The van der Waals surface area contributed by atoms with E-state index in [1.54, 1.807) is 23.5 Å². The molecule has 0 spiro atoms. The van der Waals surface area contributed by atoms with Crippen molar-refractivity contribution in [3.05, 3.63) is 45.5 Å². The minimum Gasteiger partial charge on any atom is -0.504 e. The Labute approximate surface area is 266 Å². The number of thioether (sulfide) groups is 2. The first kappa shape index (κ1) is 29.6. The van der Waals surface area contributed by atoms with Crippen LogP contribution in [0.3, 0.4) is 0 Å². The zero-order chi connectivity index (χ0) is 31.7. The molecule has 3 aliphatic heterocycles. The molecule has 3 heterocycles. The lowest BCUT2D eigenvalue weighted by Gasteiger charge is -2.31. The number of aromatic hydroxyl groups is 4. The molecule has 7 rings (SSSR count). The fraction of sp³-hybridized carbons (Fsp3) is 0.444. The average molecular weight is 633 g/mol. The molecule has 0 saturated carbocycles. The molecule has 3 unspecified atom stereocenters. The van der Waals surface area contributed by atoms with E-state index in [9.17, 15) is 20.4 Å². The zero-order valence-corrected chi connectivity index (χ0v) is 28.3. The summed E-state index contributed by atoms with van der Waals surface area (Å²) in [5, 5.41) is 49.3. The minimum atomic E-state index is -0.513. The van der Waals surface area contributed by atoms with Gasteiger partial charge in [0.25, 0.3) is 0 Å². The molecule has 0 aromatic heterocycles. The first-order valence-corrected chi connectivity index (χ1v) is 17.2. The van der Waals surface area contributed by atoms with Gasteiger partial charge in [-0.25, -0.2) is 0 Å². The maximum atomic E-state index is 11.6. The lowest BCUT2D eigenvalue weighted by molar-refractivity contribution is 0.303. The SMILES string of the molecule is Cc1cc2c(C(C)C)c(O)c(O)c3c2c2c1-c1c(C)cc4c(C(C)C)c(O)c(O)c5c4c1OC5SC(C)(C)CC(C)SC3O2. The molecule has 232 valence electrons. The summed E-state index contributed by atoms with van der Waals surface area (Å²) in [6, 6.07) is 4.21. The summed E-state index contributed by atoms with van der Waals surface area (Å²) in [5.41, 5.74) is 5.34. The molecule has 4 aromatic rings. The van der Waals surface area contributed by atoms with Gasteiger partial charge in [0.15, 0.2) is 33.9 Å². The van der Waals surface area contributed by atoms with Crippen molar-refractivity contribution < 1.29 is 29.9 Å². The smallest absolute Gasteiger partial charge is 0.174 e. The van der Waals surface area contributed by atoms with Crippen LogP contribution in [0.15, 0.2) is 12.1 Å². The van der Waals surface area contributed by atoms with Gasteiger partial charge in [0.2, 0.25) is 0 Å². The van der Waals surface area contributed by atoms with E-state index >= 15 is 0 Å². The number of ether oxygens (including phenoxy) is 2. The quantitative estimate of drug-likeness (QED) is 0.162. The van der Waals surface area contributed by atoms with Crippen molar-refractivity contribution in [2.75, 3.05) is 0 Å². The average Bonchev–Trinajstić information content (AvgIpc) is 3.45. The van der Waals surface area contributed by atoms with Crippen LogP contribution in [-0.4, -0.2) is 30.4 Å². The number of rotatable bonds is 2. The van der Waals surface area contributed by atoms with Crippen LogP contribution in [0.1, 0.15) is 111 Å². The van der Waals surface area contributed by atoms with Gasteiger partial charge in [-0.05, 0) is 54.0 Å². The van der Waals surface area contributed by atoms with Gasteiger partial charge in [0, 0.05) is 43.0 Å². The Bertz CT molecular complexity index is 1930. The zero-order valence-electron chi connectivity index (χ0n) is 26.7. The largest absolute Gasteiger partial charge is 0.504 e. The molecular weight excluding hydrogens is 593 g/mol. The molecule has 0 fully saturated rings. The standard InChI is InChI=1S/C36H40O6S2/c1-13(2)20-18-10-15(5)22-23-16(6)11-19-21(14(3)4)29(38)31(40)27-25(19)33(23)42-35(27)44-36(8,9)12-17(7)43-34-26(30(39)28(20)37)24(18)32(22)41-34/h10-11,13-14,17,34-35,37-40H,12H2,1-9H3.